The SMILES string of the molecule is CN(Cc1cnn(C)c1)C(=O)c1ccc([N+](=O)[O-])o1. The van der Waals surface area contributed by atoms with Crippen LogP contribution in [0.25, 0.3) is 0 Å². The van der Waals surface area contributed by atoms with E-state index in [-0.39, 0.29) is 5.76 Å². The molecule has 0 N–H and O–H groups in total. The van der Waals surface area contributed by atoms with Gasteiger partial charge in [-0.1, -0.05) is 0 Å². The Bertz CT molecular complexity index is 616. The van der Waals surface area contributed by atoms with Gasteiger partial charge in [0.1, 0.15) is 4.92 Å². The second-order valence-electron chi connectivity index (χ2n) is 4.08. The summed E-state index contributed by atoms with van der Waals surface area (Å²) in [5.74, 6) is -0.923. The zero-order valence-electron chi connectivity index (χ0n) is 10.4. The molecular weight excluding hydrogens is 252 g/mol. The normalized spacial score (nSPS) is 10.4. The minimum absolute atomic E-state index is 0.0573. The number of aryl methyl sites for hydroxylation is 1. The van der Waals surface area contributed by atoms with Gasteiger partial charge in [0, 0.05) is 32.4 Å². The Balaban J connectivity index is 2.07. The van der Waals surface area contributed by atoms with E-state index in [9.17, 15) is 14.9 Å². The molecule has 0 saturated heterocycles. The Kier molecular flexibility index (Phi) is 3.32. The molecule has 2 aromatic heterocycles. The smallest absolute Gasteiger partial charge is 0.395 e. The molecule has 0 aliphatic carbocycles. The minimum atomic E-state index is -0.683. The number of furan rings is 1. The maximum Gasteiger partial charge on any atom is 0.433 e. The quantitative estimate of drug-likeness (QED) is 0.610. The van der Waals surface area contributed by atoms with Gasteiger partial charge >= 0.3 is 5.88 Å². The van der Waals surface area contributed by atoms with E-state index in [1.54, 1.807) is 31.2 Å². The molecule has 100 valence electrons. The molecule has 8 heteroatoms. The Morgan fingerprint density at radius 1 is 1.58 bits per heavy atom. The lowest BCUT2D eigenvalue weighted by molar-refractivity contribution is -0.402. The molecule has 0 fully saturated rings. The molecule has 0 spiro atoms. The summed E-state index contributed by atoms with van der Waals surface area (Å²) in [6.07, 6.45) is 3.43. The van der Waals surface area contributed by atoms with E-state index >= 15 is 0 Å². The van der Waals surface area contributed by atoms with Crippen molar-refractivity contribution in [2.75, 3.05) is 7.05 Å². The van der Waals surface area contributed by atoms with Crippen LogP contribution in [0.15, 0.2) is 28.9 Å². The zero-order chi connectivity index (χ0) is 14.0. The van der Waals surface area contributed by atoms with Gasteiger partial charge in [-0.15, -0.1) is 0 Å². The number of hydrogen-bond donors (Lipinski definition) is 0. The number of amides is 1. The Labute approximate surface area is 108 Å². The fraction of sp³-hybridized carbons (Fsp3) is 0.273. The number of nitro groups is 1. The minimum Gasteiger partial charge on any atom is -0.395 e. The summed E-state index contributed by atoms with van der Waals surface area (Å²) >= 11 is 0. The van der Waals surface area contributed by atoms with E-state index in [1.165, 1.54) is 11.0 Å². The molecular formula is C11H12N4O4. The predicted molar refractivity (Wildman–Crippen MR) is 64.4 cm³/mol. The highest BCUT2D eigenvalue weighted by Crippen LogP contribution is 2.17. The first-order valence-corrected chi connectivity index (χ1v) is 5.44. The molecule has 0 saturated carbocycles. The molecule has 2 rings (SSSR count). The standard InChI is InChI=1S/C11H12N4O4/c1-13(6-8-5-12-14(2)7-8)11(16)9-3-4-10(19-9)15(17)18/h3-5,7H,6H2,1-2H3. The molecule has 0 bridgehead atoms. The van der Waals surface area contributed by atoms with E-state index < -0.39 is 16.7 Å². The molecule has 1 amide bonds. The van der Waals surface area contributed by atoms with E-state index in [0.29, 0.717) is 6.54 Å². The van der Waals surface area contributed by atoms with Crippen molar-refractivity contribution in [3.63, 3.8) is 0 Å². The van der Waals surface area contributed by atoms with Gasteiger partial charge in [0.05, 0.1) is 12.3 Å². The van der Waals surface area contributed by atoms with Crippen molar-refractivity contribution < 1.29 is 14.1 Å². The summed E-state index contributed by atoms with van der Waals surface area (Å²) in [6, 6.07) is 2.45. The lowest BCUT2D eigenvalue weighted by Gasteiger charge is -2.13. The number of carbonyl (C=O) groups is 1. The monoisotopic (exact) mass is 264 g/mol. The van der Waals surface area contributed by atoms with Crippen LogP contribution in [0.4, 0.5) is 5.88 Å². The van der Waals surface area contributed by atoms with E-state index in [2.05, 4.69) is 5.10 Å². The summed E-state index contributed by atoms with van der Waals surface area (Å²) in [5, 5.41) is 14.5. The topological polar surface area (TPSA) is 94.4 Å². The molecule has 0 aromatic carbocycles. The van der Waals surface area contributed by atoms with E-state index in [1.807, 2.05) is 0 Å². The summed E-state index contributed by atoms with van der Waals surface area (Å²) in [6.45, 7) is 0.348. The van der Waals surface area contributed by atoms with Gasteiger partial charge in [-0.2, -0.15) is 5.10 Å². The van der Waals surface area contributed by atoms with Crippen LogP contribution >= 0.6 is 0 Å². The van der Waals surface area contributed by atoms with E-state index in [4.69, 9.17) is 4.42 Å². The number of rotatable bonds is 4. The van der Waals surface area contributed by atoms with E-state index in [0.717, 1.165) is 11.6 Å². The third-order valence-electron chi connectivity index (χ3n) is 2.51. The van der Waals surface area contributed by atoms with Crippen LogP contribution in [0.5, 0.6) is 0 Å². The molecule has 0 aliphatic rings. The molecule has 2 aromatic rings. The first kappa shape index (κ1) is 12.8. The van der Waals surface area contributed by atoms with Crippen molar-refractivity contribution in [1.29, 1.82) is 0 Å². The Morgan fingerprint density at radius 2 is 2.32 bits per heavy atom. The third-order valence-corrected chi connectivity index (χ3v) is 2.51. The van der Waals surface area contributed by atoms with Crippen LogP contribution in [-0.2, 0) is 13.6 Å². The number of carbonyl (C=O) groups excluding carboxylic acids is 1. The van der Waals surface area contributed by atoms with Gasteiger partial charge in [-0.05, 0) is 6.07 Å². The van der Waals surface area contributed by atoms with Crippen molar-refractivity contribution in [1.82, 2.24) is 14.7 Å². The van der Waals surface area contributed by atoms with Crippen LogP contribution < -0.4 is 0 Å². The predicted octanol–water partition coefficient (Wildman–Crippen LogP) is 1.19. The molecule has 0 unspecified atom stereocenters. The molecule has 2 heterocycles. The van der Waals surface area contributed by atoms with Gasteiger partial charge in [0.25, 0.3) is 5.91 Å². The largest absolute Gasteiger partial charge is 0.433 e. The summed E-state index contributed by atoms with van der Waals surface area (Å²) in [5.41, 5.74) is 0.861. The lowest BCUT2D eigenvalue weighted by Crippen LogP contribution is -2.25. The number of aromatic nitrogens is 2. The van der Waals surface area contributed by atoms with Gasteiger partial charge < -0.3 is 9.32 Å². The number of hydrogen-bond acceptors (Lipinski definition) is 5. The van der Waals surface area contributed by atoms with Gasteiger partial charge in [-0.25, -0.2) is 0 Å². The second kappa shape index (κ2) is 4.92. The third kappa shape index (κ3) is 2.79. The molecule has 0 radical (unpaired) electrons. The van der Waals surface area contributed by atoms with Crippen LogP contribution in [0.2, 0.25) is 0 Å². The maximum absolute atomic E-state index is 12.0. The molecule has 0 atom stereocenters. The average molecular weight is 264 g/mol. The van der Waals surface area contributed by atoms with Gasteiger partial charge in [0.15, 0.2) is 5.76 Å². The molecule has 19 heavy (non-hydrogen) atoms. The highest BCUT2D eigenvalue weighted by Gasteiger charge is 2.20. The Morgan fingerprint density at radius 3 is 2.84 bits per heavy atom. The zero-order valence-corrected chi connectivity index (χ0v) is 10.4. The molecule has 0 aliphatic heterocycles. The molecule has 8 nitrogen and oxygen atoms in total. The van der Waals surface area contributed by atoms with Crippen molar-refractivity contribution in [3.8, 4) is 0 Å². The summed E-state index contributed by atoms with van der Waals surface area (Å²) in [4.78, 5) is 23.2. The van der Waals surface area contributed by atoms with Crippen molar-refractivity contribution in [2.45, 2.75) is 6.54 Å². The highest BCUT2D eigenvalue weighted by molar-refractivity contribution is 5.91. The Hall–Kier alpha value is -2.64. The first-order valence-electron chi connectivity index (χ1n) is 5.44. The fourth-order valence-electron chi connectivity index (χ4n) is 1.63. The van der Waals surface area contributed by atoms with Crippen LogP contribution in [-0.4, -0.2) is 32.6 Å². The summed E-state index contributed by atoms with van der Waals surface area (Å²) in [7, 11) is 3.37. The summed E-state index contributed by atoms with van der Waals surface area (Å²) < 4.78 is 6.49. The van der Waals surface area contributed by atoms with Crippen LogP contribution in [0, 0.1) is 10.1 Å². The number of nitrogens with zero attached hydrogens (tertiary/aromatic N) is 4. The fourth-order valence-corrected chi connectivity index (χ4v) is 1.63. The lowest BCUT2D eigenvalue weighted by atomic mass is 10.3. The average Bonchev–Trinajstić information content (AvgIpc) is 2.97. The van der Waals surface area contributed by atoms with Crippen molar-refractivity contribution in [3.05, 3.63) is 46.0 Å². The van der Waals surface area contributed by atoms with Gasteiger partial charge in [0.2, 0.25) is 0 Å². The van der Waals surface area contributed by atoms with Crippen molar-refractivity contribution in [2.24, 2.45) is 7.05 Å². The highest BCUT2D eigenvalue weighted by atomic mass is 16.6. The maximum atomic E-state index is 12.0. The van der Waals surface area contributed by atoms with Crippen LogP contribution in [0.3, 0.4) is 0 Å². The van der Waals surface area contributed by atoms with Gasteiger partial charge in [-0.3, -0.25) is 19.6 Å². The second-order valence-corrected chi connectivity index (χ2v) is 4.08. The van der Waals surface area contributed by atoms with Crippen LogP contribution in [0.1, 0.15) is 16.1 Å². The first-order chi connectivity index (χ1) is 8.97. The van der Waals surface area contributed by atoms with Crippen molar-refractivity contribution >= 4 is 11.8 Å².